The number of nitro benzene ring substituents is 1. The number of nitro groups is 1. The average molecular weight is 293 g/mol. The smallest absolute Gasteiger partial charge is 0.270 e. The Hall–Kier alpha value is -1.66. The lowest BCUT2D eigenvalue weighted by molar-refractivity contribution is -0.384. The van der Waals surface area contributed by atoms with Crippen molar-refractivity contribution in [1.29, 1.82) is 0 Å². The van der Waals surface area contributed by atoms with Crippen molar-refractivity contribution >= 4 is 5.69 Å². The lowest BCUT2D eigenvalue weighted by Gasteiger charge is -2.24. The van der Waals surface area contributed by atoms with Gasteiger partial charge >= 0.3 is 0 Å². The van der Waals surface area contributed by atoms with E-state index in [-0.39, 0.29) is 10.6 Å². The number of benzene rings is 1. The number of likely N-dealkylation sites (tertiary alicyclic amines) is 1. The van der Waals surface area contributed by atoms with Crippen molar-refractivity contribution in [2.75, 3.05) is 26.7 Å². The molecule has 21 heavy (non-hydrogen) atoms. The molecular formula is C15H23N3O3. The van der Waals surface area contributed by atoms with Crippen LogP contribution in [0, 0.1) is 10.1 Å². The van der Waals surface area contributed by atoms with Crippen LogP contribution in [-0.2, 0) is 6.54 Å². The number of nitrogens with zero attached hydrogens (tertiary/aromatic N) is 2. The first-order valence-electron chi connectivity index (χ1n) is 7.38. The summed E-state index contributed by atoms with van der Waals surface area (Å²) in [5.74, 6) is 0.682. The maximum absolute atomic E-state index is 10.8. The number of ether oxygens (including phenoxy) is 1. The van der Waals surface area contributed by atoms with Gasteiger partial charge in [0.05, 0.1) is 12.0 Å². The summed E-state index contributed by atoms with van der Waals surface area (Å²) in [5, 5.41) is 14.2. The standard InChI is InChI=1S/C15H23N3O3/c1-12(17-7-3-4-8-17)10-16-11-13-9-14(18(19)20)5-6-15(13)21-2/h5-6,9,12,16H,3-4,7-8,10-11H2,1-2H3. The lowest BCUT2D eigenvalue weighted by atomic mass is 10.1. The van der Waals surface area contributed by atoms with E-state index in [1.165, 1.54) is 32.0 Å². The summed E-state index contributed by atoms with van der Waals surface area (Å²) in [6, 6.07) is 5.18. The second-order valence-electron chi connectivity index (χ2n) is 5.48. The summed E-state index contributed by atoms with van der Waals surface area (Å²) in [6.07, 6.45) is 2.56. The number of nitrogens with one attached hydrogen (secondary N) is 1. The molecule has 1 N–H and O–H groups in total. The van der Waals surface area contributed by atoms with Gasteiger partial charge in [-0.3, -0.25) is 15.0 Å². The van der Waals surface area contributed by atoms with Crippen LogP contribution in [0.25, 0.3) is 0 Å². The molecule has 0 amide bonds. The molecule has 116 valence electrons. The van der Waals surface area contributed by atoms with Crippen LogP contribution >= 0.6 is 0 Å². The van der Waals surface area contributed by atoms with E-state index in [9.17, 15) is 10.1 Å². The largest absolute Gasteiger partial charge is 0.496 e. The second kappa shape index (κ2) is 7.38. The molecule has 0 radical (unpaired) electrons. The predicted octanol–water partition coefficient (Wildman–Crippen LogP) is 2.18. The molecule has 6 heteroatoms. The van der Waals surface area contributed by atoms with E-state index in [4.69, 9.17) is 4.74 Å². The summed E-state index contributed by atoms with van der Waals surface area (Å²) in [5.41, 5.74) is 0.917. The summed E-state index contributed by atoms with van der Waals surface area (Å²) in [6.45, 7) is 5.99. The first-order valence-corrected chi connectivity index (χ1v) is 7.38. The van der Waals surface area contributed by atoms with Crippen LogP contribution in [0.3, 0.4) is 0 Å². The highest BCUT2D eigenvalue weighted by atomic mass is 16.6. The van der Waals surface area contributed by atoms with E-state index in [0.717, 1.165) is 12.1 Å². The van der Waals surface area contributed by atoms with Crippen LogP contribution in [-0.4, -0.2) is 42.6 Å². The van der Waals surface area contributed by atoms with Gasteiger partial charge in [-0.05, 0) is 38.9 Å². The molecule has 1 aromatic carbocycles. The number of hydrogen-bond acceptors (Lipinski definition) is 5. The molecule has 1 heterocycles. The maximum Gasteiger partial charge on any atom is 0.270 e. The Bertz CT molecular complexity index is 487. The molecule has 0 aromatic heterocycles. The fourth-order valence-corrected chi connectivity index (χ4v) is 2.74. The molecule has 1 fully saturated rings. The van der Waals surface area contributed by atoms with Gasteiger partial charge in [0.1, 0.15) is 5.75 Å². The maximum atomic E-state index is 10.8. The van der Waals surface area contributed by atoms with Crippen molar-refractivity contribution in [3.05, 3.63) is 33.9 Å². The third-order valence-corrected chi connectivity index (χ3v) is 3.99. The fraction of sp³-hybridized carbons (Fsp3) is 0.600. The summed E-state index contributed by atoms with van der Waals surface area (Å²) < 4.78 is 5.26. The highest BCUT2D eigenvalue weighted by Crippen LogP contribution is 2.23. The third-order valence-electron chi connectivity index (χ3n) is 3.99. The van der Waals surface area contributed by atoms with Gasteiger partial charge in [-0.25, -0.2) is 0 Å². The molecule has 1 aliphatic heterocycles. The number of hydrogen-bond donors (Lipinski definition) is 1. The molecule has 1 aliphatic rings. The van der Waals surface area contributed by atoms with E-state index >= 15 is 0 Å². The van der Waals surface area contributed by atoms with Crippen LogP contribution in [0.2, 0.25) is 0 Å². The van der Waals surface area contributed by atoms with Crippen LogP contribution < -0.4 is 10.1 Å². The molecule has 0 spiro atoms. The number of methoxy groups -OCH3 is 1. The molecule has 0 saturated carbocycles. The van der Waals surface area contributed by atoms with Gasteiger partial charge in [0.25, 0.3) is 5.69 Å². The van der Waals surface area contributed by atoms with Gasteiger partial charge in [-0.2, -0.15) is 0 Å². The monoisotopic (exact) mass is 293 g/mol. The predicted molar refractivity (Wildman–Crippen MR) is 81.6 cm³/mol. The number of non-ortho nitro benzene ring substituents is 1. The van der Waals surface area contributed by atoms with E-state index in [1.807, 2.05) is 0 Å². The summed E-state index contributed by atoms with van der Waals surface area (Å²) in [4.78, 5) is 12.9. The first-order chi connectivity index (χ1) is 10.1. The number of rotatable bonds is 7. The van der Waals surface area contributed by atoms with Crippen molar-refractivity contribution in [2.45, 2.75) is 32.4 Å². The third kappa shape index (κ3) is 4.15. The summed E-state index contributed by atoms with van der Waals surface area (Å²) in [7, 11) is 1.58. The van der Waals surface area contributed by atoms with Gasteiger partial charge in [-0.15, -0.1) is 0 Å². The SMILES string of the molecule is COc1ccc([N+](=O)[O-])cc1CNCC(C)N1CCCC1. The molecule has 1 aromatic rings. The second-order valence-corrected chi connectivity index (χ2v) is 5.48. The molecule has 1 atom stereocenters. The Morgan fingerprint density at radius 3 is 2.76 bits per heavy atom. The van der Waals surface area contributed by atoms with Gasteiger partial charge in [0.15, 0.2) is 0 Å². The van der Waals surface area contributed by atoms with Gasteiger partial charge in [0.2, 0.25) is 0 Å². The van der Waals surface area contributed by atoms with E-state index < -0.39 is 0 Å². The minimum atomic E-state index is -0.379. The Labute approximate surface area is 125 Å². The Morgan fingerprint density at radius 2 is 2.14 bits per heavy atom. The van der Waals surface area contributed by atoms with Crippen molar-refractivity contribution in [2.24, 2.45) is 0 Å². The quantitative estimate of drug-likeness (QED) is 0.616. The van der Waals surface area contributed by atoms with Crippen LogP contribution in [0.1, 0.15) is 25.3 Å². The zero-order chi connectivity index (χ0) is 15.2. The van der Waals surface area contributed by atoms with Gasteiger partial charge in [-0.1, -0.05) is 0 Å². The highest BCUT2D eigenvalue weighted by Gasteiger charge is 2.18. The van der Waals surface area contributed by atoms with Crippen molar-refractivity contribution in [3.8, 4) is 5.75 Å². The fourth-order valence-electron chi connectivity index (χ4n) is 2.74. The molecular weight excluding hydrogens is 270 g/mol. The molecule has 0 aliphatic carbocycles. The molecule has 0 bridgehead atoms. The first kappa shape index (κ1) is 15.7. The zero-order valence-electron chi connectivity index (χ0n) is 12.7. The normalized spacial score (nSPS) is 16.9. The molecule has 6 nitrogen and oxygen atoms in total. The lowest BCUT2D eigenvalue weighted by Crippen LogP contribution is -2.38. The van der Waals surface area contributed by atoms with Crippen molar-refractivity contribution in [1.82, 2.24) is 10.2 Å². The molecule has 2 rings (SSSR count). The van der Waals surface area contributed by atoms with Crippen molar-refractivity contribution < 1.29 is 9.66 Å². The minimum absolute atomic E-state index is 0.0974. The Balaban J connectivity index is 1.92. The van der Waals surface area contributed by atoms with Crippen LogP contribution in [0.4, 0.5) is 5.69 Å². The van der Waals surface area contributed by atoms with Crippen LogP contribution in [0.5, 0.6) is 5.75 Å². The molecule has 1 saturated heterocycles. The average Bonchev–Trinajstić information content (AvgIpc) is 3.01. The Kier molecular flexibility index (Phi) is 5.52. The van der Waals surface area contributed by atoms with Crippen LogP contribution in [0.15, 0.2) is 18.2 Å². The minimum Gasteiger partial charge on any atom is -0.496 e. The van der Waals surface area contributed by atoms with E-state index in [0.29, 0.717) is 18.3 Å². The topological polar surface area (TPSA) is 67.6 Å². The van der Waals surface area contributed by atoms with Crippen molar-refractivity contribution in [3.63, 3.8) is 0 Å². The van der Waals surface area contributed by atoms with E-state index in [1.54, 1.807) is 19.2 Å². The summed E-state index contributed by atoms with van der Waals surface area (Å²) >= 11 is 0. The zero-order valence-corrected chi connectivity index (χ0v) is 12.7. The Morgan fingerprint density at radius 1 is 1.43 bits per heavy atom. The van der Waals surface area contributed by atoms with Gasteiger partial charge in [0, 0.05) is 36.8 Å². The van der Waals surface area contributed by atoms with Gasteiger partial charge < -0.3 is 10.1 Å². The molecule has 1 unspecified atom stereocenters. The van der Waals surface area contributed by atoms with E-state index in [2.05, 4.69) is 17.1 Å². The highest BCUT2D eigenvalue weighted by molar-refractivity contribution is 5.43.